The molecule has 0 amide bonds. The van der Waals surface area contributed by atoms with E-state index in [1.807, 2.05) is 25.3 Å². The van der Waals surface area contributed by atoms with E-state index in [1.54, 1.807) is 19.1 Å². The summed E-state index contributed by atoms with van der Waals surface area (Å²) in [6.07, 6.45) is 0. The van der Waals surface area contributed by atoms with Gasteiger partial charge < -0.3 is 9.30 Å². The number of esters is 1. The van der Waals surface area contributed by atoms with Crippen LogP contribution < -0.4 is 0 Å². The summed E-state index contributed by atoms with van der Waals surface area (Å²) in [6, 6.07) is 6.04. The first kappa shape index (κ1) is 21.8. The van der Waals surface area contributed by atoms with E-state index in [4.69, 9.17) is 4.74 Å². The molecule has 0 bridgehead atoms. The Balaban J connectivity index is 2.21. The Hall–Kier alpha value is -2.45. The molecule has 0 saturated carbocycles. The highest BCUT2D eigenvalue weighted by atomic mass is 32.2. The molecular weight excluding hydrogens is 380 g/mol. The fourth-order valence-corrected chi connectivity index (χ4v) is 3.98. The van der Waals surface area contributed by atoms with Crippen LogP contribution in [0.15, 0.2) is 29.2 Å². The normalized spacial score (nSPS) is 11.7. The lowest BCUT2D eigenvalue weighted by atomic mass is 10.1. The third-order valence-corrected chi connectivity index (χ3v) is 6.54. The summed E-state index contributed by atoms with van der Waals surface area (Å²) in [5.74, 6) is -1.03. The van der Waals surface area contributed by atoms with Crippen molar-refractivity contribution in [1.29, 1.82) is 0 Å². The summed E-state index contributed by atoms with van der Waals surface area (Å²) < 4.78 is 32.8. The van der Waals surface area contributed by atoms with E-state index in [0.29, 0.717) is 11.1 Å². The first-order chi connectivity index (χ1) is 13.0. The molecule has 0 spiro atoms. The minimum atomic E-state index is -3.68. The van der Waals surface area contributed by atoms with E-state index in [0.717, 1.165) is 22.2 Å². The second-order valence-electron chi connectivity index (χ2n) is 6.79. The molecule has 2 rings (SSSR count). The molecule has 1 aromatic heterocycles. The summed E-state index contributed by atoms with van der Waals surface area (Å²) in [7, 11) is -0.848. The molecular formula is C20H26N2O5S. The number of carbonyl (C=O) groups is 2. The molecule has 152 valence electrons. The van der Waals surface area contributed by atoms with Gasteiger partial charge in [-0.2, -0.15) is 0 Å². The zero-order valence-electron chi connectivity index (χ0n) is 17.1. The van der Waals surface area contributed by atoms with Crippen LogP contribution >= 0.6 is 0 Å². The molecule has 0 N–H and O–H groups in total. The van der Waals surface area contributed by atoms with Gasteiger partial charge in [-0.1, -0.05) is 6.07 Å². The molecule has 0 radical (unpaired) electrons. The summed E-state index contributed by atoms with van der Waals surface area (Å²) >= 11 is 0. The van der Waals surface area contributed by atoms with Crippen molar-refractivity contribution < 1.29 is 22.7 Å². The quantitative estimate of drug-likeness (QED) is 0.521. The first-order valence-corrected chi connectivity index (χ1v) is 10.3. The maximum atomic E-state index is 12.5. The fraction of sp³-hybridized carbons (Fsp3) is 0.400. The maximum absolute atomic E-state index is 12.5. The Morgan fingerprint density at radius 3 is 2.25 bits per heavy atom. The van der Waals surface area contributed by atoms with Crippen LogP contribution in [0.25, 0.3) is 0 Å². The number of sulfonamides is 1. The standard InChI is InChI=1S/C20H26N2O5S/c1-7-22-14(3)10-18(15(22)4)19(23)12-27-20(24)17-11-16(9-8-13(17)2)28(25,26)21(5)6/h8-11H,7,12H2,1-6H3. The Labute approximate surface area is 166 Å². The van der Waals surface area contributed by atoms with E-state index in [9.17, 15) is 18.0 Å². The molecule has 0 aliphatic rings. The number of aryl methyl sites for hydroxylation is 2. The second-order valence-corrected chi connectivity index (χ2v) is 8.94. The van der Waals surface area contributed by atoms with Gasteiger partial charge in [-0.25, -0.2) is 17.5 Å². The predicted molar refractivity (Wildman–Crippen MR) is 106 cm³/mol. The number of ketones is 1. The SMILES string of the molecule is CCn1c(C)cc(C(=O)COC(=O)c2cc(S(=O)(=O)N(C)C)ccc2C)c1C. The number of ether oxygens (including phenoxy) is 1. The number of nitrogens with zero attached hydrogens (tertiary/aromatic N) is 2. The van der Waals surface area contributed by atoms with Crippen LogP contribution in [0.5, 0.6) is 0 Å². The summed E-state index contributed by atoms with van der Waals surface area (Å²) in [4.78, 5) is 25.0. The largest absolute Gasteiger partial charge is 0.454 e. The van der Waals surface area contributed by atoms with E-state index in [2.05, 4.69) is 0 Å². The molecule has 28 heavy (non-hydrogen) atoms. The Kier molecular flexibility index (Phi) is 6.46. The Morgan fingerprint density at radius 1 is 1.07 bits per heavy atom. The van der Waals surface area contributed by atoms with Crippen LogP contribution in [-0.4, -0.2) is 49.7 Å². The molecule has 0 saturated heterocycles. The van der Waals surface area contributed by atoms with Crippen LogP contribution in [-0.2, 0) is 21.3 Å². The lowest BCUT2D eigenvalue weighted by molar-refractivity contribution is 0.0473. The van der Waals surface area contributed by atoms with Crippen molar-refractivity contribution in [2.75, 3.05) is 20.7 Å². The monoisotopic (exact) mass is 406 g/mol. The van der Waals surface area contributed by atoms with Crippen LogP contribution in [0.2, 0.25) is 0 Å². The van der Waals surface area contributed by atoms with Gasteiger partial charge in [-0.05, 0) is 51.5 Å². The van der Waals surface area contributed by atoms with Gasteiger partial charge in [0.1, 0.15) is 0 Å². The van der Waals surface area contributed by atoms with Crippen LogP contribution in [0.4, 0.5) is 0 Å². The molecule has 0 atom stereocenters. The van der Waals surface area contributed by atoms with Crippen molar-refractivity contribution in [2.45, 2.75) is 39.1 Å². The summed E-state index contributed by atoms with van der Waals surface area (Å²) in [6.45, 7) is 7.78. The number of carbonyl (C=O) groups excluding carboxylic acids is 2. The molecule has 0 unspecified atom stereocenters. The smallest absolute Gasteiger partial charge is 0.338 e. The lowest BCUT2D eigenvalue weighted by Gasteiger charge is -2.13. The number of aromatic nitrogens is 1. The van der Waals surface area contributed by atoms with E-state index < -0.39 is 22.6 Å². The van der Waals surface area contributed by atoms with Crippen molar-refractivity contribution in [3.05, 3.63) is 52.3 Å². The minimum Gasteiger partial charge on any atom is -0.454 e. The third-order valence-electron chi connectivity index (χ3n) is 4.73. The van der Waals surface area contributed by atoms with Crippen molar-refractivity contribution in [2.24, 2.45) is 0 Å². The first-order valence-electron chi connectivity index (χ1n) is 8.90. The van der Waals surface area contributed by atoms with Gasteiger partial charge in [0.25, 0.3) is 0 Å². The molecule has 0 aliphatic carbocycles. The molecule has 8 heteroatoms. The molecule has 2 aromatic rings. The highest BCUT2D eigenvalue weighted by Crippen LogP contribution is 2.20. The minimum absolute atomic E-state index is 0.00660. The zero-order chi connectivity index (χ0) is 21.2. The van der Waals surface area contributed by atoms with E-state index >= 15 is 0 Å². The highest BCUT2D eigenvalue weighted by Gasteiger charge is 2.22. The number of benzene rings is 1. The molecule has 7 nitrogen and oxygen atoms in total. The predicted octanol–water partition coefficient (Wildman–Crippen LogP) is 2.72. The molecule has 1 aromatic carbocycles. The number of Topliss-reactive ketones (excluding diaryl/α,β-unsaturated/α-hetero) is 1. The van der Waals surface area contributed by atoms with Crippen LogP contribution in [0.1, 0.15) is 44.6 Å². The average molecular weight is 407 g/mol. The van der Waals surface area contributed by atoms with Gasteiger partial charge in [0.2, 0.25) is 15.8 Å². The van der Waals surface area contributed by atoms with Gasteiger partial charge in [0.15, 0.2) is 6.61 Å². The highest BCUT2D eigenvalue weighted by molar-refractivity contribution is 7.89. The fourth-order valence-electron chi connectivity index (χ4n) is 3.05. The molecule has 1 heterocycles. The second kappa shape index (κ2) is 8.28. The maximum Gasteiger partial charge on any atom is 0.338 e. The zero-order valence-corrected chi connectivity index (χ0v) is 17.9. The molecule has 0 fully saturated rings. The van der Waals surface area contributed by atoms with Gasteiger partial charge in [0.05, 0.1) is 10.5 Å². The summed E-state index contributed by atoms with van der Waals surface area (Å²) in [5.41, 5.74) is 3.00. The van der Waals surface area contributed by atoms with Crippen molar-refractivity contribution in [3.8, 4) is 0 Å². The molecule has 0 aliphatic heterocycles. The van der Waals surface area contributed by atoms with Gasteiger partial charge in [-0.15, -0.1) is 0 Å². The van der Waals surface area contributed by atoms with Gasteiger partial charge >= 0.3 is 5.97 Å². The van der Waals surface area contributed by atoms with Crippen molar-refractivity contribution in [1.82, 2.24) is 8.87 Å². The van der Waals surface area contributed by atoms with Crippen molar-refractivity contribution in [3.63, 3.8) is 0 Å². The lowest BCUT2D eigenvalue weighted by Crippen LogP contribution is -2.23. The van der Waals surface area contributed by atoms with Gasteiger partial charge in [-0.3, -0.25) is 4.79 Å². The Morgan fingerprint density at radius 2 is 1.71 bits per heavy atom. The van der Waals surface area contributed by atoms with Crippen LogP contribution in [0.3, 0.4) is 0 Å². The third kappa shape index (κ3) is 4.18. The average Bonchev–Trinajstić information content (AvgIpc) is 2.93. The van der Waals surface area contributed by atoms with E-state index in [1.165, 1.54) is 26.2 Å². The topological polar surface area (TPSA) is 85.7 Å². The number of rotatable bonds is 7. The van der Waals surface area contributed by atoms with Crippen LogP contribution in [0, 0.1) is 20.8 Å². The summed E-state index contributed by atoms with van der Waals surface area (Å²) in [5, 5.41) is 0. The number of hydrogen-bond acceptors (Lipinski definition) is 5. The van der Waals surface area contributed by atoms with Crippen molar-refractivity contribution >= 4 is 21.8 Å². The van der Waals surface area contributed by atoms with Gasteiger partial charge in [0, 0.05) is 37.6 Å². The van der Waals surface area contributed by atoms with E-state index in [-0.39, 0.29) is 16.2 Å². The number of hydrogen-bond donors (Lipinski definition) is 0. The Bertz CT molecular complexity index is 1020.